The molecule has 160 valence electrons. The highest BCUT2D eigenvalue weighted by molar-refractivity contribution is 7.90. The predicted molar refractivity (Wildman–Crippen MR) is 106 cm³/mol. The standard InChI is InChI=1S/C19H12F4N4O2S2/c1-31(28,29)15-7-6-13(8-24-15)27-17(16(20)18(26-27)19(21,22)23)12-4-2-11(3-5-12)14-9-30-10-25-14/h2-10H,1H3. The monoisotopic (exact) mass is 468 g/mol. The molecule has 0 unspecified atom stereocenters. The molecule has 3 heterocycles. The molecule has 0 spiro atoms. The van der Waals surface area contributed by atoms with Gasteiger partial charge in [0, 0.05) is 22.8 Å². The fraction of sp³-hybridized carbons (Fsp3) is 0.105. The molecular weight excluding hydrogens is 456 g/mol. The summed E-state index contributed by atoms with van der Waals surface area (Å²) in [6.07, 6.45) is -3.06. The minimum atomic E-state index is -5.02. The summed E-state index contributed by atoms with van der Waals surface area (Å²) < 4.78 is 78.8. The Hall–Kier alpha value is -3.12. The molecule has 4 rings (SSSR count). The van der Waals surface area contributed by atoms with Crippen LogP contribution >= 0.6 is 11.3 Å². The van der Waals surface area contributed by atoms with Crippen LogP contribution in [0.15, 0.2) is 58.5 Å². The Morgan fingerprint density at radius 2 is 1.68 bits per heavy atom. The Labute approximate surface area is 177 Å². The molecule has 0 aliphatic rings. The number of nitrogens with zero attached hydrogens (tertiary/aromatic N) is 4. The summed E-state index contributed by atoms with van der Waals surface area (Å²) in [7, 11) is -3.62. The van der Waals surface area contributed by atoms with Gasteiger partial charge in [0.05, 0.1) is 23.1 Å². The molecule has 12 heteroatoms. The normalized spacial score (nSPS) is 12.3. The summed E-state index contributed by atoms with van der Waals surface area (Å²) in [5.41, 5.74) is 1.05. The number of aromatic nitrogens is 4. The lowest BCUT2D eigenvalue weighted by molar-refractivity contribution is -0.143. The van der Waals surface area contributed by atoms with Crippen molar-refractivity contribution < 1.29 is 26.0 Å². The van der Waals surface area contributed by atoms with E-state index in [1.807, 2.05) is 0 Å². The van der Waals surface area contributed by atoms with Gasteiger partial charge in [-0.3, -0.25) is 0 Å². The van der Waals surface area contributed by atoms with E-state index in [-0.39, 0.29) is 16.3 Å². The zero-order chi connectivity index (χ0) is 22.4. The van der Waals surface area contributed by atoms with Crippen molar-refractivity contribution in [1.29, 1.82) is 0 Å². The van der Waals surface area contributed by atoms with Gasteiger partial charge in [0.25, 0.3) is 0 Å². The van der Waals surface area contributed by atoms with Crippen LogP contribution < -0.4 is 0 Å². The lowest BCUT2D eigenvalue weighted by atomic mass is 10.1. The lowest BCUT2D eigenvalue weighted by Crippen LogP contribution is -2.09. The Morgan fingerprint density at radius 3 is 2.19 bits per heavy atom. The number of rotatable bonds is 4. The van der Waals surface area contributed by atoms with Crippen LogP contribution in [0, 0.1) is 5.82 Å². The van der Waals surface area contributed by atoms with Gasteiger partial charge in [0.15, 0.2) is 20.7 Å². The van der Waals surface area contributed by atoms with Crippen LogP contribution in [-0.2, 0) is 16.0 Å². The first-order valence-electron chi connectivity index (χ1n) is 8.57. The second-order valence-electron chi connectivity index (χ2n) is 6.50. The average molecular weight is 468 g/mol. The number of thiazole rings is 1. The smallest absolute Gasteiger partial charge is 0.245 e. The van der Waals surface area contributed by atoms with Crippen molar-refractivity contribution in [1.82, 2.24) is 19.7 Å². The van der Waals surface area contributed by atoms with Gasteiger partial charge in [0.2, 0.25) is 5.69 Å². The molecule has 0 atom stereocenters. The van der Waals surface area contributed by atoms with Crippen LogP contribution in [0.2, 0.25) is 0 Å². The number of sulfone groups is 1. The highest BCUT2D eigenvalue weighted by Gasteiger charge is 2.40. The Morgan fingerprint density at radius 1 is 1.00 bits per heavy atom. The SMILES string of the molecule is CS(=O)(=O)c1ccc(-n2nc(C(F)(F)F)c(F)c2-c2ccc(-c3cscn3)cc2)cn1. The molecule has 0 bridgehead atoms. The third-order valence-corrected chi connectivity index (χ3v) is 5.92. The van der Waals surface area contributed by atoms with Crippen LogP contribution in [0.1, 0.15) is 5.69 Å². The van der Waals surface area contributed by atoms with E-state index >= 15 is 0 Å². The molecule has 0 N–H and O–H groups in total. The number of pyridine rings is 1. The van der Waals surface area contributed by atoms with E-state index in [0.29, 0.717) is 11.3 Å². The minimum absolute atomic E-state index is 0.0274. The van der Waals surface area contributed by atoms with Crippen molar-refractivity contribution in [3.05, 3.63) is 65.0 Å². The predicted octanol–water partition coefficient (Wildman–Crippen LogP) is 4.62. The van der Waals surface area contributed by atoms with Crippen LogP contribution in [0.3, 0.4) is 0 Å². The molecule has 6 nitrogen and oxygen atoms in total. The van der Waals surface area contributed by atoms with Gasteiger partial charge in [0.1, 0.15) is 5.69 Å². The number of alkyl halides is 3. The Balaban J connectivity index is 1.86. The fourth-order valence-electron chi connectivity index (χ4n) is 2.89. The molecule has 0 fully saturated rings. The Kier molecular flexibility index (Phi) is 5.13. The van der Waals surface area contributed by atoms with Gasteiger partial charge in [-0.15, -0.1) is 11.3 Å². The summed E-state index contributed by atoms with van der Waals surface area (Å²) >= 11 is 1.39. The number of benzene rings is 1. The molecule has 4 aromatic rings. The minimum Gasteiger partial charge on any atom is -0.245 e. The maximum Gasteiger partial charge on any atom is 0.438 e. The lowest BCUT2D eigenvalue weighted by Gasteiger charge is -2.08. The zero-order valence-electron chi connectivity index (χ0n) is 15.6. The largest absolute Gasteiger partial charge is 0.438 e. The number of hydrogen-bond acceptors (Lipinski definition) is 6. The molecule has 0 radical (unpaired) electrons. The first kappa shape index (κ1) is 21.1. The van der Waals surface area contributed by atoms with Gasteiger partial charge < -0.3 is 0 Å². The molecule has 0 amide bonds. The average Bonchev–Trinajstić information content (AvgIpc) is 3.35. The van der Waals surface area contributed by atoms with Crippen molar-refractivity contribution in [2.24, 2.45) is 0 Å². The van der Waals surface area contributed by atoms with Crippen LogP contribution in [0.25, 0.3) is 28.2 Å². The van der Waals surface area contributed by atoms with E-state index in [4.69, 9.17) is 0 Å². The van der Waals surface area contributed by atoms with E-state index in [2.05, 4.69) is 15.1 Å². The summed E-state index contributed by atoms with van der Waals surface area (Å²) in [5, 5.41) is 4.94. The van der Waals surface area contributed by atoms with E-state index in [1.54, 1.807) is 23.0 Å². The molecule has 3 aromatic heterocycles. The summed E-state index contributed by atoms with van der Waals surface area (Å²) in [4.78, 5) is 7.91. The highest BCUT2D eigenvalue weighted by Crippen LogP contribution is 2.37. The summed E-state index contributed by atoms with van der Waals surface area (Å²) in [6.45, 7) is 0. The molecule has 1 aromatic carbocycles. The molecular formula is C19H12F4N4O2S2. The van der Waals surface area contributed by atoms with Gasteiger partial charge in [-0.05, 0) is 12.1 Å². The quantitative estimate of drug-likeness (QED) is 0.409. The van der Waals surface area contributed by atoms with Crippen molar-refractivity contribution >= 4 is 21.2 Å². The second-order valence-corrected chi connectivity index (χ2v) is 9.18. The number of halogens is 4. The number of hydrogen-bond donors (Lipinski definition) is 0. The maximum absolute atomic E-state index is 14.9. The van der Waals surface area contributed by atoms with Gasteiger partial charge in [-0.25, -0.2) is 27.5 Å². The van der Waals surface area contributed by atoms with Gasteiger partial charge >= 0.3 is 6.18 Å². The summed E-state index contributed by atoms with van der Waals surface area (Å²) in [5.74, 6) is -1.54. The van der Waals surface area contributed by atoms with Gasteiger partial charge in [-0.1, -0.05) is 24.3 Å². The second kappa shape index (κ2) is 7.54. The third kappa shape index (κ3) is 4.08. The fourth-order valence-corrected chi connectivity index (χ4v) is 4.01. The molecule has 0 aliphatic heterocycles. The molecule has 31 heavy (non-hydrogen) atoms. The first-order valence-corrected chi connectivity index (χ1v) is 11.4. The van der Waals surface area contributed by atoms with Crippen molar-refractivity contribution in [2.45, 2.75) is 11.2 Å². The van der Waals surface area contributed by atoms with Crippen LogP contribution in [0.4, 0.5) is 17.6 Å². The van der Waals surface area contributed by atoms with Crippen molar-refractivity contribution in [3.8, 4) is 28.2 Å². The molecule has 0 saturated heterocycles. The topological polar surface area (TPSA) is 77.7 Å². The van der Waals surface area contributed by atoms with Crippen molar-refractivity contribution in [3.63, 3.8) is 0 Å². The maximum atomic E-state index is 14.9. The van der Waals surface area contributed by atoms with Crippen molar-refractivity contribution in [2.75, 3.05) is 6.26 Å². The third-order valence-electron chi connectivity index (χ3n) is 4.33. The molecule has 0 aliphatic carbocycles. The van der Waals surface area contributed by atoms with E-state index in [0.717, 1.165) is 23.2 Å². The van der Waals surface area contributed by atoms with E-state index in [1.165, 1.54) is 29.5 Å². The first-order chi connectivity index (χ1) is 14.6. The highest BCUT2D eigenvalue weighted by atomic mass is 32.2. The Bertz CT molecular complexity index is 1330. The van der Waals surface area contributed by atoms with Crippen LogP contribution in [-0.4, -0.2) is 34.4 Å². The van der Waals surface area contributed by atoms with E-state index in [9.17, 15) is 26.0 Å². The van der Waals surface area contributed by atoms with Gasteiger partial charge in [-0.2, -0.15) is 18.3 Å². The summed E-state index contributed by atoms with van der Waals surface area (Å²) in [6, 6.07) is 8.47. The zero-order valence-corrected chi connectivity index (χ0v) is 17.3. The van der Waals surface area contributed by atoms with Crippen LogP contribution in [0.5, 0.6) is 0 Å². The van der Waals surface area contributed by atoms with E-state index < -0.39 is 33.2 Å². The molecule has 0 saturated carbocycles.